The first-order valence-corrected chi connectivity index (χ1v) is 12.7. The number of carbonyl (C=O) groups excluding carboxylic acids is 1. The molecule has 0 aromatic heterocycles. The Morgan fingerprint density at radius 1 is 1.09 bits per heavy atom. The Morgan fingerprint density at radius 3 is 2.52 bits per heavy atom. The molecule has 0 bridgehead atoms. The fourth-order valence-electron chi connectivity index (χ4n) is 5.12. The predicted octanol–water partition coefficient (Wildman–Crippen LogP) is 3.96. The van der Waals surface area contributed by atoms with Crippen LogP contribution in [0.2, 0.25) is 0 Å². The Kier molecular flexibility index (Phi) is 8.57. The number of ether oxygens (including phenoxy) is 2. The molecule has 6 nitrogen and oxygen atoms in total. The maximum Gasteiger partial charge on any atom is 0.226 e. The molecule has 0 aliphatic carbocycles. The number of aliphatic imine (C=N–C) groups is 1. The van der Waals surface area contributed by atoms with Crippen LogP contribution in [-0.2, 0) is 20.7 Å². The summed E-state index contributed by atoms with van der Waals surface area (Å²) in [6.45, 7) is 7.93. The highest BCUT2D eigenvalue weighted by Gasteiger charge is 2.35. The van der Waals surface area contributed by atoms with Crippen molar-refractivity contribution >= 4 is 11.8 Å². The monoisotopic (exact) mass is 453 g/mol. The van der Waals surface area contributed by atoms with E-state index in [2.05, 4.69) is 25.2 Å². The molecule has 1 amide bonds. The van der Waals surface area contributed by atoms with Crippen LogP contribution in [0.4, 0.5) is 0 Å². The number of nitrogens with one attached hydrogen (secondary N) is 1. The van der Waals surface area contributed by atoms with E-state index in [1.165, 1.54) is 0 Å². The van der Waals surface area contributed by atoms with Gasteiger partial charge in [0.05, 0.1) is 24.5 Å². The van der Waals surface area contributed by atoms with Crippen LogP contribution in [-0.4, -0.2) is 61.2 Å². The van der Waals surface area contributed by atoms with Crippen molar-refractivity contribution in [2.24, 2.45) is 16.8 Å². The Bertz CT molecular complexity index is 811. The van der Waals surface area contributed by atoms with Gasteiger partial charge in [0.25, 0.3) is 0 Å². The summed E-state index contributed by atoms with van der Waals surface area (Å²) in [4.78, 5) is 19.4. The van der Waals surface area contributed by atoms with Crippen LogP contribution in [0.5, 0.6) is 0 Å². The van der Waals surface area contributed by atoms with Crippen LogP contribution in [0.25, 0.3) is 0 Å². The summed E-state index contributed by atoms with van der Waals surface area (Å²) in [6, 6.07) is 9.97. The molecule has 1 aromatic carbocycles. The van der Waals surface area contributed by atoms with Gasteiger partial charge in [0.1, 0.15) is 6.10 Å². The van der Waals surface area contributed by atoms with Crippen molar-refractivity contribution in [2.45, 2.75) is 70.7 Å². The van der Waals surface area contributed by atoms with E-state index in [1.54, 1.807) is 0 Å². The zero-order valence-electron chi connectivity index (χ0n) is 20.1. The van der Waals surface area contributed by atoms with Crippen LogP contribution in [0.3, 0.4) is 0 Å². The lowest BCUT2D eigenvalue weighted by Crippen LogP contribution is -2.44. The number of hydrogen-bond donors (Lipinski definition) is 1. The van der Waals surface area contributed by atoms with E-state index in [0.717, 1.165) is 69.7 Å². The molecule has 180 valence electrons. The molecule has 3 heterocycles. The zero-order chi connectivity index (χ0) is 23.0. The Balaban J connectivity index is 1.31. The maximum absolute atomic E-state index is 12.7. The van der Waals surface area contributed by atoms with Gasteiger partial charge in [-0.2, -0.15) is 0 Å². The van der Waals surface area contributed by atoms with Gasteiger partial charge in [-0.05, 0) is 37.9 Å². The number of nitrogens with zero attached hydrogens (tertiary/aromatic N) is 2. The van der Waals surface area contributed by atoms with Gasteiger partial charge in [-0.1, -0.05) is 50.3 Å². The number of likely N-dealkylation sites (tertiary alicyclic amines) is 1. The molecule has 3 aliphatic rings. The number of rotatable bonds is 6. The first-order valence-electron chi connectivity index (χ1n) is 12.7. The van der Waals surface area contributed by atoms with E-state index in [-0.39, 0.29) is 24.0 Å². The quantitative estimate of drug-likeness (QED) is 0.708. The summed E-state index contributed by atoms with van der Waals surface area (Å²) < 4.78 is 13.1. The minimum absolute atomic E-state index is 0.0862. The van der Waals surface area contributed by atoms with Crippen LogP contribution in [0.1, 0.15) is 51.5 Å². The smallest absolute Gasteiger partial charge is 0.226 e. The fraction of sp³-hybridized carbons (Fsp3) is 0.630. The lowest BCUT2D eigenvalue weighted by atomic mass is 9.89. The van der Waals surface area contributed by atoms with Gasteiger partial charge in [0.15, 0.2) is 5.90 Å². The van der Waals surface area contributed by atoms with Crippen LogP contribution in [0, 0.1) is 11.8 Å². The molecule has 3 unspecified atom stereocenters. The van der Waals surface area contributed by atoms with E-state index < -0.39 is 0 Å². The Morgan fingerprint density at radius 2 is 1.82 bits per heavy atom. The van der Waals surface area contributed by atoms with Gasteiger partial charge in [-0.25, -0.2) is 4.99 Å². The summed E-state index contributed by atoms with van der Waals surface area (Å²) in [5, 5.41) is 3.42. The summed E-state index contributed by atoms with van der Waals surface area (Å²) in [7, 11) is 0. The van der Waals surface area contributed by atoms with Crippen molar-refractivity contribution in [2.75, 3.05) is 26.2 Å². The molecule has 3 aliphatic heterocycles. The molecule has 4 rings (SSSR count). The molecule has 33 heavy (non-hydrogen) atoms. The van der Waals surface area contributed by atoms with E-state index in [0.29, 0.717) is 18.4 Å². The number of hydrogen-bond acceptors (Lipinski definition) is 5. The summed E-state index contributed by atoms with van der Waals surface area (Å²) >= 11 is 0. The predicted molar refractivity (Wildman–Crippen MR) is 131 cm³/mol. The fourth-order valence-corrected chi connectivity index (χ4v) is 5.12. The first kappa shape index (κ1) is 24.0. The van der Waals surface area contributed by atoms with E-state index >= 15 is 0 Å². The molecular weight excluding hydrogens is 414 g/mol. The standard InChI is InChI=1S/C27H39N3O3/c1-3-22-9-16-29-27(20(2)26(22)32-23-10-14-28-15-11-23)33-24-12-17-30(18-13-24)25(31)19-21-7-5-4-6-8-21/h4-9,16,20,22-24,26,28H,3,10-15,17-19H2,1-2H3. The van der Waals surface area contributed by atoms with Crippen molar-refractivity contribution in [1.82, 2.24) is 10.2 Å². The summed E-state index contributed by atoms with van der Waals surface area (Å²) in [5.41, 5.74) is 1.07. The van der Waals surface area contributed by atoms with Gasteiger partial charge >= 0.3 is 0 Å². The van der Waals surface area contributed by atoms with Gasteiger partial charge < -0.3 is 19.7 Å². The molecule has 1 N–H and O–H groups in total. The average Bonchev–Trinajstić information content (AvgIpc) is 2.99. The lowest BCUT2D eigenvalue weighted by Gasteiger charge is -2.36. The average molecular weight is 454 g/mol. The zero-order valence-corrected chi connectivity index (χ0v) is 20.1. The van der Waals surface area contributed by atoms with Gasteiger partial charge in [-0.3, -0.25) is 4.79 Å². The molecule has 0 spiro atoms. The third kappa shape index (κ3) is 6.45. The highest BCUT2D eigenvalue weighted by atomic mass is 16.5. The van der Waals surface area contributed by atoms with Crippen molar-refractivity contribution < 1.29 is 14.3 Å². The number of carbonyl (C=O) groups is 1. The second-order valence-electron chi connectivity index (χ2n) is 9.58. The van der Waals surface area contributed by atoms with Crippen LogP contribution in [0.15, 0.2) is 47.6 Å². The largest absolute Gasteiger partial charge is 0.477 e. The van der Waals surface area contributed by atoms with Crippen LogP contribution >= 0.6 is 0 Å². The molecule has 1 aromatic rings. The van der Waals surface area contributed by atoms with E-state index in [4.69, 9.17) is 14.5 Å². The second kappa shape index (κ2) is 11.8. The number of benzene rings is 1. The lowest BCUT2D eigenvalue weighted by molar-refractivity contribution is -0.132. The van der Waals surface area contributed by atoms with Crippen molar-refractivity contribution in [3.63, 3.8) is 0 Å². The van der Waals surface area contributed by atoms with Crippen molar-refractivity contribution in [1.29, 1.82) is 0 Å². The molecule has 0 saturated carbocycles. The van der Waals surface area contributed by atoms with Gasteiger partial charge in [0.2, 0.25) is 5.91 Å². The van der Waals surface area contributed by atoms with E-state index in [9.17, 15) is 4.79 Å². The Labute approximate surface area is 198 Å². The van der Waals surface area contributed by atoms with Crippen LogP contribution < -0.4 is 5.32 Å². The second-order valence-corrected chi connectivity index (χ2v) is 9.58. The number of amides is 1. The van der Waals surface area contributed by atoms with Crippen molar-refractivity contribution in [3.8, 4) is 0 Å². The molecule has 2 saturated heterocycles. The maximum atomic E-state index is 12.7. The summed E-state index contributed by atoms with van der Waals surface area (Å²) in [6.07, 6.45) is 9.88. The molecular formula is C27H39N3O3. The van der Waals surface area contributed by atoms with Crippen molar-refractivity contribution in [3.05, 3.63) is 48.2 Å². The Hall–Kier alpha value is -2.18. The third-order valence-electron chi connectivity index (χ3n) is 7.23. The minimum Gasteiger partial charge on any atom is -0.477 e. The summed E-state index contributed by atoms with van der Waals surface area (Å²) in [5.74, 6) is 1.44. The molecule has 0 radical (unpaired) electrons. The molecule has 6 heteroatoms. The van der Waals surface area contributed by atoms with E-state index in [1.807, 2.05) is 41.4 Å². The third-order valence-corrected chi connectivity index (χ3v) is 7.23. The topological polar surface area (TPSA) is 63.2 Å². The molecule has 2 fully saturated rings. The highest BCUT2D eigenvalue weighted by molar-refractivity contribution is 5.80. The van der Waals surface area contributed by atoms with Gasteiger partial charge in [0, 0.05) is 38.0 Å². The normalized spacial score (nSPS) is 27.2. The highest BCUT2D eigenvalue weighted by Crippen LogP contribution is 2.30. The number of piperidine rings is 2. The first-order chi connectivity index (χ1) is 16.1. The van der Waals surface area contributed by atoms with Gasteiger partial charge in [-0.15, -0.1) is 0 Å². The minimum atomic E-state index is 0.0862. The molecule has 3 atom stereocenters. The SMILES string of the molecule is CCC1C=CN=C(OC2CCN(C(=O)Cc3ccccc3)CC2)C(C)C1OC1CCNCC1.